The van der Waals surface area contributed by atoms with E-state index in [1.165, 1.54) is 12.1 Å². The molecule has 0 aromatic rings. The molecule has 0 amide bonds. The molecule has 0 saturated carbocycles. The van der Waals surface area contributed by atoms with Gasteiger partial charge in [-0.2, -0.15) is 0 Å². The maximum Gasteiger partial charge on any atom is 0.324 e. The highest BCUT2D eigenvalue weighted by Gasteiger charge is 2.16. The molecule has 1 unspecified atom stereocenters. The molecule has 4 nitrogen and oxygen atoms in total. The first-order valence-corrected chi connectivity index (χ1v) is 3.22. The molecule has 0 heterocycles. The van der Waals surface area contributed by atoms with E-state index in [4.69, 9.17) is 5.84 Å². The Morgan fingerprint density at radius 3 is 2.60 bits per heavy atom. The fourth-order valence-electron chi connectivity index (χ4n) is 0.580. The molecule has 0 aromatic heterocycles. The standard InChI is InChI=1S/C6H14N2O2/c1-4-8(7)5(2)6(9)10-3/h5H,4,7H2,1-3H3. The molecule has 0 aliphatic carbocycles. The third-order valence-corrected chi connectivity index (χ3v) is 1.40. The van der Waals surface area contributed by atoms with Gasteiger partial charge in [0, 0.05) is 6.54 Å². The van der Waals surface area contributed by atoms with Crippen molar-refractivity contribution in [3.05, 3.63) is 0 Å². The van der Waals surface area contributed by atoms with Crippen molar-refractivity contribution in [3.63, 3.8) is 0 Å². The summed E-state index contributed by atoms with van der Waals surface area (Å²) in [4.78, 5) is 10.8. The van der Waals surface area contributed by atoms with Crippen molar-refractivity contribution < 1.29 is 9.53 Å². The van der Waals surface area contributed by atoms with E-state index in [-0.39, 0.29) is 12.0 Å². The first kappa shape index (κ1) is 9.39. The number of hydrazine groups is 1. The molecule has 0 radical (unpaired) electrons. The summed E-state index contributed by atoms with van der Waals surface area (Å²) in [6.45, 7) is 4.21. The molecular weight excluding hydrogens is 132 g/mol. The smallest absolute Gasteiger partial charge is 0.324 e. The van der Waals surface area contributed by atoms with Crippen molar-refractivity contribution in [2.24, 2.45) is 5.84 Å². The van der Waals surface area contributed by atoms with Crippen LogP contribution in [0.3, 0.4) is 0 Å². The van der Waals surface area contributed by atoms with Gasteiger partial charge in [0.15, 0.2) is 0 Å². The Morgan fingerprint density at radius 1 is 1.80 bits per heavy atom. The number of carbonyl (C=O) groups excluding carboxylic acids is 1. The van der Waals surface area contributed by atoms with Crippen LogP contribution in [0.2, 0.25) is 0 Å². The van der Waals surface area contributed by atoms with E-state index < -0.39 is 0 Å². The van der Waals surface area contributed by atoms with Gasteiger partial charge < -0.3 is 4.74 Å². The van der Waals surface area contributed by atoms with E-state index in [0.29, 0.717) is 6.54 Å². The minimum atomic E-state index is -0.352. The lowest BCUT2D eigenvalue weighted by atomic mass is 10.3. The fourth-order valence-corrected chi connectivity index (χ4v) is 0.580. The Labute approximate surface area is 60.9 Å². The molecule has 0 aliphatic heterocycles. The highest BCUT2D eigenvalue weighted by Crippen LogP contribution is 1.93. The Bertz CT molecular complexity index is 116. The van der Waals surface area contributed by atoms with Crippen LogP contribution in [0.25, 0.3) is 0 Å². The number of ether oxygens (including phenoxy) is 1. The second-order valence-electron chi connectivity index (χ2n) is 2.03. The number of nitrogens with two attached hydrogens (primary N) is 1. The van der Waals surface area contributed by atoms with Crippen molar-refractivity contribution in [3.8, 4) is 0 Å². The lowest BCUT2D eigenvalue weighted by Crippen LogP contribution is -2.44. The molecule has 0 fully saturated rings. The molecule has 1 atom stereocenters. The highest BCUT2D eigenvalue weighted by atomic mass is 16.5. The summed E-state index contributed by atoms with van der Waals surface area (Å²) in [6, 6.07) is -0.352. The summed E-state index contributed by atoms with van der Waals surface area (Å²) < 4.78 is 4.47. The minimum absolute atomic E-state index is 0.302. The summed E-state index contributed by atoms with van der Waals surface area (Å²) in [5.41, 5.74) is 0. The van der Waals surface area contributed by atoms with E-state index in [1.54, 1.807) is 6.92 Å². The Hall–Kier alpha value is -0.610. The number of carbonyl (C=O) groups is 1. The van der Waals surface area contributed by atoms with Crippen LogP contribution in [0.5, 0.6) is 0 Å². The van der Waals surface area contributed by atoms with E-state index >= 15 is 0 Å². The first-order valence-electron chi connectivity index (χ1n) is 3.22. The molecule has 2 N–H and O–H groups in total. The summed E-state index contributed by atoms with van der Waals surface area (Å²) in [5, 5.41) is 1.42. The van der Waals surface area contributed by atoms with Crippen molar-refractivity contribution >= 4 is 5.97 Å². The molecule has 4 heteroatoms. The molecular formula is C6H14N2O2. The number of hydrogen-bond acceptors (Lipinski definition) is 4. The second-order valence-corrected chi connectivity index (χ2v) is 2.03. The van der Waals surface area contributed by atoms with Gasteiger partial charge in [-0.15, -0.1) is 0 Å². The van der Waals surface area contributed by atoms with Gasteiger partial charge in [0.1, 0.15) is 6.04 Å². The highest BCUT2D eigenvalue weighted by molar-refractivity contribution is 5.74. The van der Waals surface area contributed by atoms with Gasteiger partial charge in [-0.05, 0) is 6.92 Å². The predicted molar refractivity (Wildman–Crippen MR) is 38.0 cm³/mol. The predicted octanol–water partition coefficient (Wildman–Crippen LogP) is -0.256. The number of hydrogen-bond donors (Lipinski definition) is 1. The van der Waals surface area contributed by atoms with Crippen LogP contribution < -0.4 is 5.84 Å². The maximum atomic E-state index is 10.8. The van der Waals surface area contributed by atoms with Crippen LogP contribution in [0, 0.1) is 0 Å². The van der Waals surface area contributed by atoms with Gasteiger partial charge in [0.05, 0.1) is 7.11 Å². The van der Waals surface area contributed by atoms with E-state index in [0.717, 1.165) is 0 Å². The van der Waals surface area contributed by atoms with Gasteiger partial charge >= 0.3 is 5.97 Å². The SMILES string of the molecule is CCN(N)C(C)C(=O)OC. The lowest BCUT2D eigenvalue weighted by Gasteiger charge is -2.19. The van der Waals surface area contributed by atoms with Gasteiger partial charge in [0.2, 0.25) is 0 Å². The molecule has 10 heavy (non-hydrogen) atoms. The molecule has 0 spiro atoms. The fraction of sp³-hybridized carbons (Fsp3) is 0.833. The number of nitrogens with zero attached hydrogens (tertiary/aromatic N) is 1. The molecule has 0 saturated heterocycles. The van der Waals surface area contributed by atoms with Crippen LogP contribution >= 0.6 is 0 Å². The number of rotatable bonds is 3. The van der Waals surface area contributed by atoms with Gasteiger partial charge in [-0.25, -0.2) is 5.01 Å². The van der Waals surface area contributed by atoms with Crippen molar-refractivity contribution in [1.82, 2.24) is 5.01 Å². The Kier molecular flexibility index (Phi) is 3.99. The summed E-state index contributed by atoms with van der Waals surface area (Å²) in [5.74, 6) is 5.12. The summed E-state index contributed by atoms with van der Waals surface area (Å²) in [7, 11) is 1.35. The lowest BCUT2D eigenvalue weighted by molar-refractivity contribution is -0.146. The average Bonchev–Trinajstić information content (AvgIpc) is 2.00. The van der Waals surface area contributed by atoms with E-state index in [9.17, 15) is 4.79 Å². The normalized spacial score (nSPS) is 13.3. The van der Waals surface area contributed by atoms with Gasteiger partial charge in [-0.1, -0.05) is 6.92 Å². The van der Waals surface area contributed by atoms with Gasteiger partial charge in [0.25, 0.3) is 0 Å². The average molecular weight is 146 g/mol. The van der Waals surface area contributed by atoms with E-state index in [2.05, 4.69) is 4.74 Å². The van der Waals surface area contributed by atoms with Crippen LogP contribution in [0.15, 0.2) is 0 Å². The van der Waals surface area contributed by atoms with Crippen LogP contribution in [0.1, 0.15) is 13.8 Å². The van der Waals surface area contributed by atoms with Crippen LogP contribution in [0.4, 0.5) is 0 Å². The summed E-state index contributed by atoms with van der Waals surface area (Å²) >= 11 is 0. The third-order valence-electron chi connectivity index (χ3n) is 1.40. The zero-order valence-electron chi connectivity index (χ0n) is 6.63. The Balaban J connectivity index is 3.81. The quantitative estimate of drug-likeness (QED) is 0.339. The number of likely N-dealkylation sites (N-methyl/N-ethyl adjacent to an activating group) is 1. The summed E-state index contributed by atoms with van der Waals surface area (Å²) in [6.07, 6.45) is 0. The first-order chi connectivity index (χ1) is 4.63. The third kappa shape index (κ3) is 2.33. The largest absolute Gasteiger partial charge is 0.468 e. The van der Waals surface area contributed by atoms with Crippen molar-refractivity contribution in [2.45, 2.75) is 19.9 Å². The number of esters is 1. The minimum Gasteiger partial charge on any atom is -0.468 e. The molecule has 0 aromatic carbocycles. The zero-order chi connectivity index (χ0) is 8.15. The molecule has 0 bridgehead atoms. The second kappa shape index (κ2) is 4.24. The van der Waals surface area contributed by atoms with Crippen LogP contribution in [-0.2, 0) is 9.53 Å². The van der Waals surface area contributed by atoms with Crippen molar-refractivity contribution in [2.75, 3.05) is 13.7 Å². The topological polar surface area (TPSA) is 55.6 Å². The molecule has 60 valence electrons. The van der Waals surface area contributed by atoms with E-state index in [1.807, 2.05) is 6.92 Å². The Morgan fingerprint density at radius 2 is 2.30 bits per heavy atom. The van der Waals surface area contributed by atoms with Crippen molar-refractivity contribution in [1.29, 1.82) is 0 Å². The molecule has 0 rings (SSSR count). The molecule has 0 aliphatic rings. The number of methoxy groups -OCH3 is 1. The maximum absolute atomic E-state index is 10.8. The van der Waals surface area contributed by atoms with Crippen LogP contribution in [-0.4, -0.2) is 30.7 Å². The van der Waals surface area contributed by atoms with Gasteiger partial charge in [-0.3, -0.25) is 10.6 Å². The monoisotopic (exact) mass is 146 g/mol. The zero-order valence-corrected chi connectivity index (χ0v) is 6.63.